The second kappa shape index (κ2) is 5.33. The monoisotopic (exact) mass is 328 g/mol. The van der Waals surface area contributed by atoms with Gasteiger partial charge in [-0.15, -0.1) is 0 Å². The highest BCUT2D eigenvalue weighted by atomic mass is 16.5. The molecule has 0 spiro atoms. The summed E-state index contributed by atoms with van der Waals surface area (Å²) in [5.74, 6) is 0.619. The molecule has 0 amide bonds. The number of Topliss-reactive ketones (excluding diaryl/α,β-unsaturated/α-hetero) is 1. The number of fused-ring (bicyclic) bond motifs is 5. The molecule has 0 heterocycles. The molecule has 5 atom stereocenters. The third-order valence-electron chi connectivity index (χ3n) is 6.95. The van der Waals surface area contributed by atoms with Crippen LogP contribution in [0.2, 0.25) is 0 Å². The predicted octanol–water partition coefficient (Wildman–Crippen LogP) is 3.22. The van der Waals surface area contributed by atoms with Crippen LogP contribution in [-0.2, 0) is 20.7 Å². The number of ether oxygens (including phenoxy) is 1. The predicted molar refractivity (Wildman–Crippen MR) is 88.6 cm³/mol. The fraction of sp³-hybridized carbons (Fsp3) is 0.600. The van der Waals surface area contributed by atoms with E-state index in [1.165, 1.54) is 18.2 Å². The van der Waals surface area contributed by atoms with Crippen LogP contribution in [0.1, 0.15) is 49.7 Å². The van der Waals surface area contributed by atoms with E-state index in [9.17, 15) is 14.7 Å². The van der Waals surface area contributed by atoms with Crippen LogP contribution in [0.5, 0.6) is 5.75 Å². The van der Waals surface area contributed by atoms with E-state index in [-0.39, 0.29) is 23.1 Å². The Morgan fingerprint density at radius 3 is 2.88 bits per heavy atom. The zero-order chi connectivity index (χ0) is 17.1. The van der Waals surface area contributed by atoms with Gasteiger partial charge in [0.15, 0.2) is 5.78 Å². The first kappa shape index (κ1) is 15.7. The molecule has 4 nitrogen and oxygen atoms in total. The Bertz CT molecular complexity index is 710. The number of methoxy groups -OCH3 is 1. The molecule has 2 fully saturated rings. The summed E-state index contributed by atoms with van der Waals surface area (Å²) in [6.07, 6.45) is 4.42. The number of aromatic hydroxyl groups is 1. The van der Waals surface area contributed by atoms with Crippen molar-refractivity contribution in [1.29, 1.82) is 0 Å². The van der Waals surface area contributed by atoms with E-state index in [1.54, 1.807) is 6.07 Å². The number of phenolic OH excluding ortho intramolecular Hbond substituents is 1. The molecule has 0 radical (unpaired) electrons. The summed E-state index contributed by atoms with van der Waals surface area (Å²) in [5, 5.41) is 9.74. The van der Waals surface area contributed by atoms with E-state index >= 15 is 0 Å². The normalized spacial score (nSPS) is 37.3. The summed E-state index contributed by atoms with van der Waals surface area (Å²) in [6.45, 7) is 2.06. The van der Waals surface area contributed by atoms with Gasteiger partial charge in [0.2, 0.25) is 0 Å². The van der Waals surface area contributed by atoms with Crippen molar-refractivity contribution < 1.29 is 19.4 Å². The summed E-state index contributed by atoms with van der Waals surface area (Å²) >= 11 is 0. The molecule has 1 aromatic carbocycles. The van der Waals surface area contributed by atoms with Gasteiger partial charge in [-0.1, -0.05) is 13.0 Å². The first-order valence-electron chi connectivity index (χ1n) is 8.89. The Morgan fingerprint density at radius 1 is 1.33 bits per heavy atom. The molecule has 0 aliphatic heterocycles. The second-order valence-corrected chi connectivity index (χ2v) is 7.93. The minimum absolute atomic E-state index is 0.0919. The number of phenols is 1. The maximum Gasteiger partial charge on any atom is 0.316 e. The number of rotatable bonds is 1. The Kier molecular flexibility index (Phi) is 3.48. The molecule has 1 N–H and O–H groups in total. The number of aryl methyl sites for hydroxylation is 1. The summed E-state index contributed by atoms with van der Waals surface area (Å²) in [4.78, 5) is 24.9. The number of hydrogen-bond donors (Lipinski definition) is 1. The average Bonchev–Trinajstić information content (AvgIpc) is 2.85. The zero-order valence-electron chi connectivity index (χ0n) is 14.2. The van der Waals surface area contributed by atoms with Crippen LogP contribution in [0.4, 0.5) is 0 Å². The van der Waals surface area contributed by atoms with Crippen LogP contribution >= 0.6 is 0 Å². The summed E-state index contributed by atoms with van der Waals surface area (Å²) in [6, 6.07) is 5.71. The third-order valence-corrected chi connectivity index (χ3v) is 6.95. The van der Waals surface area contributed by atoms with Crippen molar-refractivity contribution in [2.45, 2.75) is 44.9 Å². The number of carbonyl (C=O) groups excluding carboxylic acids is 2. The second-order valence-electron chi connectivity index (χ2n) is 7.93. The molecule has 4 heteroatoms. The lowest BCUT2D eigenvalue weighted by atomic mass is 9.55. The van der Waals surface area contributed by atoms with Crippen molar-refractivity contribution in [2.75, 3.05) is 7.11 Å². The van der Waals surface area contributed by atoms with Gasteiger partial charge in [0.1, 0.15) is 11.7 Å². The SMILES string of the molecule is COC(=O)C1CC2C3CCc4cc(O)ccc4C3CC[C@]2(C)C1=O. The van der Waals surface area contributed by atoms with Gasteiger partial charge in [-0.3, -0.25) is 9.59 Å². The summed E-state index contributed by atoms with van der Waals surface area (Å²) in [5.41, 5.74) is 2.20. The van der Waals surface area contributed by atoms with Crippen molar-refractivity contribution >= 4 is 11.8 Å². The average molecular weight is 328 g/mol. The Morgan fingerprint density at radius 2 is 2.12 bits per heavy atom. The maximum atomic E-state index is 12.9. The molecular formula is C20H24O4. The van der Waals surface area contributed by atoms with Gasteiger partial charge in [-0.2, -0.15) is 0 Å². The van der Waals surface area contributed by atoms with E-state index < -0.39 is 5.92 Å². The molecule has 3 aliphatic carbocycles. The topological polar surface area (TPSA) is 63.6 Å². The van der Waals surface area contributed by atoms with Crippen molar-refractivity contribution in [1.82, 2.24) is 0 Å². The highest BCUT2D eigenvalue weighted by Crippen LogP contribution is 2.60. The first-order valence-corrected chi connectivity index (χ1v) is 8.89. The van der Waals surface area contributed by atoms with Gasteiger partial charge >= 0.3 is 5.97 Å². The molecule has 1 aromatic rings. The fourth-order valence-electron chi connectivity index (χ4n) is 5.73. The van der Waals surface area contributed by atoms with Crippen molar-refractivity contribution in [3.63, 3.8) is 0 Å². The number of benzene rings is 1. The molecule has 4 unspecified atom stereocenters. The van der Waals surface area contributed by atoms with Crippen molar-refractivity contribution in [3.05, 3.63) is 29.3 Å². The lowest BCUT2D eigenvalue weighted by Crippen LogP contribution is -2.42. The summed E-state index contributed by atoms with van der Waals surface area (Å²) < 4.78 is 4.87. The van der Waals surface area contributed by atoms with Crippen LogP contribution in [0.15, 0.2) is 18.2 Å². The van der Waals surface area contributed by atoms with Crippen LogP contribution in [0.3, 0.4) is 0 Å². The van der Waals surface area contributed by atoms with E-state index in [1.807, 2.05) is 6.07 Å². The van der Waals surface area contributed by atoms with E-state index in [2.05, 4.69) is 13.0 Å². The van der Waals surface area contributed by atoms with Gasteiger partial charge < -0.3 is 9.84 Å². The van der Waals surface area contributed by atoms with E-state index in [0.717, 1.165) is 25.7 Å². The zero-order valence-corrected chi connectivity index (χ0v) is 14.2. The minimum Gasteiger partial charge on any atom is -0.508 e. The lowest BCUT2D eigenvalue weighted by molar-refractivity contribution is -0.149. The molecule has 4 rings (SSSR count). The Balaban J connectivity index is 1.68. The summed E-state index contributed by atoms with van der Waals surface area (Å²) in [7, 11) is 1.37. The largest absolute Gasteiger partial charge is 0.508 e. The van der Waals surface area contributed by atoms with Crippen molar-refractivity contribution in [2.24, 2.45) is 23.2 Å². The van der Waals surface area contributed by atoms with Crippen LogP contribution in [0, 0.1) is 23.2 Å². The molecular weight excluding hydrogens is 304 g/mol. The number of carbonyl (C=O) groups is 2. The number of hydrogen-bond acceptors (Lipinski definition) is 4. The fourth-order valence-corrected chi connectivity index (χ4v) is 5.73. The third kappa shape index (κ3) is 2.04. The van der Waals surface area contributed by atoms with Gasteiger partial charge in [-0.05, 0) is 73.1 Å². The van der Waals surface area contributed by atoms with Gasteiger partial charge in [-0.25, -0.2) is 0 Å². The highest BCUT2D eigenvalue weighted by molar-refractivity contribution is 6.03. The van der Waals surface area contributed by atoms with Crippen LogP contribution in [0.25, 0.3) is 0 Å². The molecule has 0 bridgehead atoms. The molecule has 0 aromatic heterocycles. The van der Waals surface area contributed by atoms with Crippen LogP contribution in [-0.4, -0.2) is 24.0 Å². The standard InChI is InChI=1S/C20H24O4/c1-20-8-7-14-13-6-4-12(21)9-11(13)3-5-15(14)17(20)10-16(18(20)22)19(23)24-2/h4,6,9,14-17,21H,3,5,7-8,10H2,1-2H3/t14?,15?,16?,17?,20-/m0/s1. The maximum absolute atomic E-state index is 12.9. The van der Waals surface area contributed by atoms with Crippen molar-refractivity contribution in [3.8, 4) is 5.75 Å². The number of esters is 1. The highest BCUT2D eigenvalue weighted by Gasteiger charge is 2.59. The quantitative estimate of drug-likeness (QED) is 0.635. The van der Waals surface area contributed by atoms with Crippen LogP contribution < -0.4 is 0 Å². The van der Waals surface area contributed by atoms with E-state index in [4.69, 9.17) is 4.74 Å². The first-order chi connectivity index (χ1) is 11.5. The molecule has 2 saturated carbocycles. The van der Waals surface area contributed by atoms with Gasteiger partial charge in [0.05, 0.1) is 7.11 Å². The van der Waals surface area contributed by atoms with Gasteiger partial charge in [0.25, 0.3) is 0 Å². The molecule has 24 heavy (non-hydrogen) atoms. The Hall–Kier alpha value is -1.84. The lowest BCUT2D eigenvalue weighted by Gasteiger charge is -2.48. The smallest absolute Gasteiger partial charge is 0.316 e. The molecule has 0 saturated heterocycles. The van der Waals surface area contributed by atoms with Gasteiger partial charge in [0, 0.05) is 5.41 Å². The molecule has 3 aliphatic rings. The van der Waals surface area contributed by atoms with E-state index in [0.29, 0.717) is 24.0 Å². The minimum atomic E-state index is -0.579. The Labute approximate surface area is 142 Å². The number of ketones is 1. The molecule has 128 valence electrons.